The predicted octanol–water partition coefficient (Wildman–Crippen LogP) is 16.2. The lowest BCUT2D eigenvalue weighted by Gasteiger charge is -2.18. The summed E-state index contributed by atoms with van der Waals surface area (Å²) in [5, 5.41) is 0. The Balaban J connectivity index is 4.24. The zero-order valence-corrected chi connectivity index (χ0v) is 38.4. The Morgan fingerprint density at radius 3 is 0.930 bits per heavy atom. The molecule has 336 valence electrons. The molecule has 0 aromatic rings. The van der Waals surface area contributed by atoms with E-state index < -0.39 is 6.10 Å². The highest BCUT2D eigenvalue weighted by atomic mass is 16.6. The molecule has 0 fully saturated rings. The van der Waals surface area contributed by atoms with Gasteiger partial charge in [0.1, 0.15) is 13.2 Å². The molecule has 0 spiro atoms. The fourth-order valence-electron chi connectivity index (χ4n) is 7.42. The van der Waals surface area contributed by atoms with E-state index in [1.165, 1.54) is 173 Å². The summed E-state index contributed by atoms with van der Waals surface area (Å²) in [6, 6.07) is 0. The van der Waals surface area contributed by atoms with Crippen LogP contribution in [0.1, 0.15) is 278 Å². The quantitative estimate of drug-likeness (QED) is 0.0264. The number of esters is 3. The van der Waals surface area contributed by atoms with Gasteiger partial charge in [0.05, 0.1) is 0 Å². The van der Waals surface area contributed by atoms with Crippen molar-refractivity contribution in [2.45, 2.75) is 284 Å². The molecule has 0 rings (SSSR count). The van der Waals surface area contributed by atoms with E-state index >= 15 is 0 Å². The van der Waals surface area contributed by atoms with Crippen LogP contribution in [-0.4, -0.2) is 37.2 Å². The maximum absolute atomic E-state index is 12.7. The molecule has 0 saturated carbocycles. The van der Waals surface area contributed by atoms with E-state index in [2.05, 4.69) is 32.9 Å². The van der Waals surface area contributed by atoms with Crippen LogP contribution in [0.3, 0.4) is 0 Å². The van der Waals surface area contributed by atoms with Crippen LogP contribution in [0.15, 0.2) is 12.2 Å². The molecular weight excluding hydrogens is 709 g/mol. The van der Waals surface area contributed by atoms with Gasteiger partial charge in [-0.3, -0.25) is 14.4 Å². The Bertz CT molecular complexity index is 885. The molecular formula is C51H96O6. The standard InChI is InChI=1S/C51H96O6/c1-4-7-10-13-16-19-22-23-24-25-26-27-28-30-32-35-38-41-44-50(53)56-47-48(46-55-49(52)43-40-37-34-31-21-18-15-12-9-6-3)57-51(54)45-42-39-36-33-29-20-17-14-11-8-5-2/h14,17,48H,4-13,15-16,18-47H2,1-3H3/b17-14-. The van der Waals surface area contributed by atoms with Crippen LogP contribution in [0, 0.1) is 0 Å². The minimum absolute atomic E-state index is 0.0685. The molecule has 0 bridgehead atoms. The van der Waals surface area contributed by atoms with Crippen molar-refractivity contribution in [3.63, 3.8) is 0 Å². The third-order valence-electron chi connectivity index (χ3n) is 11.3. The molecule has 6 nitrogen and oxygen atoms in total. The highest BCUT2D eigenvalue weighted by Gasteiger charge is 2.19. The molecule has 0 radical (unpaired) electrons. The summed E-state index contributed by atoms with van der Waals surface area (Å²) in [5.74, 6) is -0.866. The van der Waals surface area contributed by atoms with Gasteiger partial charge >= 0.3 is 17.9 Å². The van der Waals surface area contributed by atoms with Gasteiger partial charge in [0.15, 0.2) is 6.10 Å². The van der Waals surface area contributed by atoms with Crippen LogP contribution in [0.2, 0.25) is 0 Å². The maximum Gasteiger partial charge on any atom is 0.306 e. The number of carbonyl (C=O) groups is 3. The summed E-state index contributed by atoms with van der Waals surface area (Å²) < 4.78 is 16.7. The zero-order chi connectivity index (χ0) is 41.5. The van der Waals surface area contributed by atoms with Gasteiger partial charge in [0.2, 0.25) is 0 Å². The lowest BCUT2D eigenvalue weighted by atomic mass is 10.0. The van der Waals surface area contributed by atoms with Gasteiger partial charge in [-0.25, -0.2) is 0 Å². The van der Waals surface area contributed by atoms with Crippen LogP contribution >= 0.6 is 0 Å². The Kier molecular flexibility index (Phi) is 45.3. The van der Waals surface area contributed by atoms with Crippen molar-refractivity contribution in [1.82, 2.24) is 0 Å². The van der Waals surface area contributed by atoms with Crippen molar-refractivity contribution in [1.29, 1.82) is 0 Å². The van der Waals surface area contributed by atoms with Crippen molar-refractivity contribution < 1.29 is 28.6 Å². The van der Waals surface area contributed by atoms with Gasteiger partial charge in [-0.1, -0.05) is 232 Å². The van der Waals surface area contributed by atoms with Crippen molar-refractivity contribution in [3.8, 4) is 0 Å². The lowest BCUT2D eigenvalue weighted by Crippen LogP contribution is -2.30. The van der Waals surface area contributed by atoms with Crippen molar-refractivity contribution in [2.75, 3.05) is 13.2 Å². The molecule has 0 aliphatic heterocycles. The number of carbonyl (C=O) groups excluding carboxylic acids is 3. The molecule has 0 aliphatic rings. The molecule has 1 unspecified atom stereocenters. The smallest absolute Gasteiger partial charge is 0.306 e. The highest BCUT2D eigenvalue weighted by molar-refractivity contribution is 5.71. The first-order valence-corrected chi connectivity index (χ1v) is 25.2. The fourth-order valence-corrected chi connectivity index (χ4v) is 7.42. The zero-order valence-electron chi connectivity index (χ0n) is 38.4. The Morgan fingerprint density at radius 2 is 0.596 bits per heavy atom. The van der Waals surface area contributed by atoms with Crippen LogP contribution in [-0.2, 0) is 28.6 Å². The summed E-state index contributed by atoms with van der Waals surface area (Å²) >= 11 is 0. The third kappa shape index (κ3) is 45.1. The van der Waals surface area contributed by atoms with E-state index in [4.69, 9.17) is 14.2 Å². The largest absolute Gasteiger partial charge is 0.462 e. The molecule has 0 aromatic carbocycles. The van der Waals surface area contributed by atoms with Gasteiger partial charge in [-0.2, -0.15) is 0 Å². The van der Waals surface area contributed by atoms with Crippen LogP contribution in [0.5, 0.6) is 0 Å². The Morgan fingerprint density at radius 1 is 0.333 bits per heavy atom. The van der Waals surface area contributed by atoms with Crippen LogP contribution < -0.4 is 0 Å². The maximum atomic E-state index is 12.7. The summed E-state index contributed by atoms with van der Waals surface area (Å²) in [6.07, 6.45) is 50.6. The van der Waals surface area contributed by atoms with E-state index in [0.29, 0.717) is 19.3 Å². The molecule has 0 aromatic heterocycles. The average Bonchev–Trinajstić information content (AvgIpc) is 3.21. The van der Waals surface area contributed by atoms with E-state index in [9.17, 15) is 14.4 Å². The van der Waals surface area contributed by atoms with E-state index in [1.54, 1.807) is 0 Å². The molecule has 6 heteroatoms. The first-order chi connectivity index (χ1) is 28.0. The molecule has 0 amide bonds. The second-order valence-corrected chi connectivity index (χ2v) is 17.1. The average molecular weight is 805 g/mol. The number of hydrogen-bond acceptors (Lipinski definition) is 6. The van der Waals surface area contributed by atoms with Gasteiger partial charge in [-0.15, -0.1) is 0 Å². The molecule has 0 heterocycles. The van der Waals surface area contributed by atoms with Crippen molar-refractivity contribution in [3.05, 3.63) is 12.2 Å². The van der Waals surface area contributed by atoms with E-state index in [1.807, 2.05) is 0 Å². The molecule has 0 saturated heterocycles. The normalized spacial score (nSPS) is 12.0. The second kappa shape index (κ2) is 46.8. The van der Waals surface area contributed by atoms with Gasteiger partial charge in [-0.05, 0) is 38.5 Å². The summed E-state index contributed by atoms with van der Waals surface area (Å²) in [4.78, 5) is 37.8. The summed E-state index contributed by atoms with van der Waals surface area (Å²) in [5.41, 5.74) is 0. The highest BCUT2D eigenvalue weighted by Crippen LogP contribution is 2.16. The Labute approximate surface area is 354 Å². The molecule has 0 aliphatic carbocycles. The number of unbranched alkanes of at least 4 members (excludes halogenated alkanes) is 33. The lowest BCUT2D eigenvalue weighted by molar-refractivity contribution is -0.167. The fraction of sp³-hybridized carbons (Fsp3) is 0.902. The monoisotopic (exact) mass is 805 g/mol. The minimum Gasteiger partial charge on any atom is -0.462 e. The number of allylic oxidation sites excluding steroid dienone is 2. The van der Waals surface area contributed by atoms with E-state index in [-0.39, 0.29) is 31.1 Å². The van der Waals surface area contributed by atoms with Gasteiger partial charge in [0, 0.05) is 19.3 Å². The SMILES string of the molecule is CCCC/C=C\CCCCCCCC(=O)OC(COC(=O)CCCCCCCCCCCC)COC(=O)CCCCCCCCCCCCCCCCCCCC. The molecule has 1 atom stereocenters. The summed E-state index contributed by atoms with van der Waals surface area (Å²) in [6.45, 7) is 6.61. The second-order valence-electron chi connectivity index (χ2n) is 17.1. The number of rotatable bonds is 46. The topological polar surface area (TPSA) is 78.9 Å². The molecule has 0 N–H and O–H groups in total. The van der Waals surface area contributed by atoms with Gasteiger partial charge in [0.25, 0.3) is 0 Å². The predicted molar refractivity (Wildman–Crippen MR) is 243 cm³/mol. The Hall–Kier alpha value is -1.85. The van der Waals surface area contributed by atoms with Crippen molar-refractivity contribution in [2.24, 2.45) is 0 Å². The van der Waals surface area contributed by atoms with Gasteiger partial charge < -0.3 is 14.2 Å². The number of hydrogen-bond donors (Lipinski definition) is 0. The van der Waals surface area contributed by atoms with Crippen molar-refractivity contribution >= 4 is 17.9 Å². The van der Waals surface area contributed by atoms with Crippen LogP contribution in [0.25, 0.3) is 0 Å². The minimum atomic E-state index is -0.766. The molecule has 57 heavy (non-hydrogen) atoms. The number of ether oxygens (including phenoxy) is 3. The third-order valence-corrected chi connectivity index (χ3v) is 11.3. The van der Waals surface area contributed by atoms with Crippen LogP contribution in [0.4, 0.5) is 0 Å². The first-order valence-electron chi connectivity index (χ1n) is 25.2. The van der Waals surface area contributed by atoms with E-state index in [0.717, 1.165) is 64.2 Å². The summed E-state index contributed by atoms with van der Waals surface area (Å²) in [7, 11) is 0. The first kappa shape index (κ1) is 55.2.